The van der Waals surface area contributed by atoms with Crippen molar-refractivity contribution in [2.75, 3.05) is 7.11 Å². The maximum absolute atomic E-state index is 13.2. The molecule has 0 saturated carbocycles. The highest BCUT2D eigenvalue weighted by Gasteiger charge is 2.11. The SMILES string of the molecule is COc1c(O)cccc1/C=C/c1nc2ccccc2c(=O)n1-c1ccccc1. The molecule has 0 bridgehead atoms. The zero-order valence-corrected chi connectivity index (χ0v) is 15.2. The minimum absolute atomic E-state index is 0.0524. The van der Waals surface area contributed by atoms with Crippen LogP contribution < -0.4 is 10.3 Å². The molecular formula is C23H18N2O3. The summed E-state index contributed by atoms with van der Waals surface area (Å²) >= 11 is 0. The van der Waals surface area contributed by atoms with Crippen LogP contribution in [0.3, 0.4) is 0 Å². The first-order valence-electron chi connectivity index (χ1n) is 8.80. The van der Waals surface area contributed by atoms with E-state index in [1.807, 2.05) is 54.6 Å². The van der Waals surface area contributed by atoms with Gasteiger partial charge in [0, 0.05) is 5.56 Å². The number of para-hydroxylation sites is 3. The van der Waals surface area contributed by atoms with Crippen LogP contribution in [0, 0.1) is 0 Å². The van der Waals surface area contributed by atoms with Crippen LogP contribution in [0.4, 0.5) is 0 Å². The molecule has 1 aromatic heterocycles. The zero-order chi connectivity index (χ0) is 19.5. The Labute approximate surface area is 161 Å². The molecule has 0 unspecified atom stereocenters. The third kappa shape index (κ3) is 3.14. The van der Waals surface area contributed by atoms with Crippen molar-refractivity contribution in [3.05, 3.63) is 94.5 Å². The molecule has 0 fully saturated rings. The molecule has 28 heavy (non-hydrogen) atoms. The summed E-state index contributed by atoms with van der Waals surface area (Å²) in [5.41, 5.74) is 1.90. The zero-order valence-electron chi connectivity index (χ0n) is 15.2. The Morgan fingerprint density at radius 3 is 2.46 bits per heavy atom. The van der Waals surface area contributed by atoms with Gasteiger partial charge in [0.25, 0.3) is 5.56 Å². The van der Waals surface area contributed by atoms with Crippen molar-refractivity contribution in [3.8, 4) is 17.2 Å². The predicted molar refractivity (Wildman–Crippen MR) is 111 cm³/mol. The minimum Gasteiger partial charge on any atom is -0.504 e. The number of fused-ring (bicyclic) bond motifs is 1. The van der Waals surface area contributed by atoms with E-state index in [1.54, 1.807) is 34.9 Å². The van der Waals surface area contributed by atoms with Crippen LogP contribution in [0.25, 0.3) is 28.7 Å². The molecule has 3 aromatic carbocycles. The lowest BCUT2D eigenvalue weighted by molar-refractivity contribution is 0.372. The molecular weight excluding hydrogens is 352 g/mol. The number of hydrogen-bond donors (Lipinski definition) is 1. The van der Waals surface area contributed by atoms with E-state index in [4.69, 9.17) is 4.74 Å². The molecule has 1 heterocycles. The van der Waals surface area contributed by atoms with Crippen molar-refractivity contribution in [1.82, 2.24) is 9.55 Å². The fraction of sp³-hybridized carbons (Fsp3) is 0.0435. The highest BCUT2D eigenvalue weighted by atomic mass is 16.5. The summed E-state index contributed by atoms with van der Waals surface area (Å²) in [5.74, 6) is 0.907. The predicted octanol–water partition coefficient (Wildman–Crippen LogP) is 4.27. The Kier molecular flexibility index (Phi) is 4.64. The second kappa shape index (κ2) is 7.40. The summed E-state index contributed by atoms with van der Waals surface area (Å²) in [4.78, 5) is 17.8. The van der Waals surface area contributed by atoms with Crippen molar-refractivity contribution in [2.45, 2.75) is 0 Å². The first kappa shape index (κ1) is 17.5. The molecule has 0 aliphatic carbocycles. The highest BCUT2D eigenvalue weighted by molar-refractivity contribution is 5.80. The first-order chi connectivity index (χ1) is 13.7. The second-order valence-electron chi connectivity index (χ2n) is 6.20. The lowest BCUT2D eigenvalue weighted by atomic mass is 10.1. The highest BCUT2D eigenvalue weighted by Crippen LogP contribution is 2.30. The quantitative estimate of drug-likeness (QED) is 0.583. The molecule has 5 heteroatoms. The smallest absolute Gasteiger partial charge is 0.266 e. The summed E-state index contributed by atoms with van der Waals surface area (Å²) in [7, 11) is 1.50. The molecule has 0 atom stereocenters. The molecule has 0 amide bonds. The van der Waals surface area contributed by atoms with Crippen LogP contribution in [-0.2, 0) is 0 Å². The van der Waals surface area contributed by atoms with Gasteiger partial charge in [-0.15, -0.1) is 0 Å². The number of rotatable bonds is 4. The summed E-state index contributed by atoms with van der Waals surface area (Å²) < 4.78 is 6.86. The second-order valence-corrected chi connectivity index (χ2v) is 6.20. The van der Waals surface area contributed by atoms with Crippen molar-refractivity contribution in [3.63, 3.8) is 0 Å². The molecule has 0 saturated heterocycles. The molecule has 4 rings (SSSR count). The van der Waals surface area contributed by atoms with Crippen molar-refractivity contribution < 1.29 is 9.84 Å². The minimum atomic E-state index is -0.140. The van der Waals surface area contributed by atoms with Crippen LogP contribution in [0.2, 0.25) is 0 Å². The third-order valence-electron chi connectivity index (χ3n) is 4.46. The molecule has 5 nitrogen and oxygen atoms in total. The molecule has 0 aliphatic heterocycles. The Morgan fingerprint density at radius 1 is 0.929 bits per heavy atom. The van der Waals surface area contributed by atoms with Crippen LogP contribution in [-0.4, -0.2) is 21.8 Å². The van der Waals surface area contributed by atoms with Crippen LogP contribution >= 0.6 is 0 Å². The van der Waals surface area contributed by atoms with Gasteiger partial charge in [-0.1, -0.05) is 42.5 Å². The molecule has 138 valence electrons. The standard InChI is InChI=1S/C23H18N2O3/c1-28-22-16(8-7-13-20(22)26)14-15-21-24-19-12-6-5-11-18(19)23(27)25(21)17-9-3-2-4-10-17/h2-15,26H,1H3/b15-14+. The first-order valence-corrected chi connectivity index (χ1v) is 8.80. The average molecular weight is 370 g/mol. The number of phenols is 1. The maximum Gasteiger partial charge on any atom is 0.266 e. The van der Waals surface area contributed by atoms with Gasteiger partial charge in [0.1, 0.15) is 5.82 Å². The lowest BCUT2D eigenvalue weighted by Crippen LogP contribution is -2.22. The molecule has 0 aliphatic rings. The number of ether oxygens (including phenoxy) is 1. The van der Waals surface area contributed by atoms with Crippen molar-refractivity contribution in [1.29, 1.82) is 0 Å². The Morgan fingerprint density at radius 2 is 1.68 bits per heavy atom. The third-order valence-corrected chi connectivity index (χ3v) is 4.46. The fourth-order valence-corrected chi connectivity index (χ4v) is 3.15. The molecule has 0 spiro atoms. The monoisotopic (exact) mass is 370 g/mol. The van der Waals surface area contributed by atoms with Crippen LogP contribution in [0.15, 0.2) is 77.6 Å². The van der Waals surface area contributed by atoms with Gasteiger partial charge in [-0.05, 0) is 42.5 Å². The number of methoxy groups -OCH3 is 1. The number of aromatic nitrogens is 2. The van der Waals surface area contributed by atoms with Crippen molar-refractivity contribution in [2.24, 2.45) is 0 Å². The van der Waals surface area contributed by atoms with Gasteiger partial charge in [-0.2, -0.15) is 0 Å². The van der Waals surface area contributed by atoms with E-state index in [-0.39, 0.29) is 11.3 Å². The van der Waals surface area contributed by atoms with E-state index in [0.29, 0.717) is 28.0 Å². The molecule has 1 N–H and O–H groups in total. The van der Waals surface area contributed by atoms with Gasteiger partial charge in [0.05, 0.1) is 23.7 Å². The van der Waals surface area contributed by atoms with E-state index in [9.17, 15) is 9.90 Å². The molecule has 0 radical (unpaired) electrons. The number of phenolic OH excluding ortho intramolecular Hbond substituents is 1. The number of aromatic hydroxyl groups is 1. The Balaban J connectivity index is 1.94. The normalized spacial score (nSPS) is 11.2. The average Bonchev–Trinajstić information content (AvgIpc) is 2.73. The number of benzene rings is 3. The van der Waals surface area contributed by atoms with Gasteiger partial charge >= 0.3 is 0 Å². The van der Waals surface area contributed by atoms with E-state index < -0.39 is 0 Å². The largest absolute Gasteiger partial charge is 0.504 e. The summed E-state index contributed by atoms with van der Waals surface area (Å²) in [5, 5.41) is 10.5. The topological polar surface area (TPSA) is 64.3 Å². The van der Waals surface area contributed by atoms with Gasteiger partial charge in [-0.3, -0.25) is 9.36 Å². The molecule has 4 aromatic rings. The van der Waals surface area contributed by atoms with Crippen molar-refractivity contribution >= 4 is 23.1 Å². The maximum atomic E-state index is 13.2. The van der Waals surface area contributed by atoms with E-state index in [2.05, 4.69) is 4.98 Å². The van der Waals surface area contributed by atoms with Crippen LogP contribution in [0.5, 0.6) is 11.5 Å². The van der Waals surface area contributed by atoms with Crippen LogP contribution in [0.1, 0.15) is 11.4 Å². The van der Waals surface area contributed by atoms with E-state index in [1.165, 1.54) is 7.11 Å². The Bertz CT molecular complexity index is 1230. The summed E-state index contributed by atoms with van der Waals surface area (Å²) in [6.07, 6.45) is 3.52. The number of hydrogen-bond acceptors (Lipinski definition) is 4. The summed E-state index contributed by atoms with van der Waals surface area (Å²) in [6, 6.07) is 21.8. The number of nitrogens with zero attached hydrogens (tertiary/aromatic N) is 2. The fourth-order valence-electron chi connectivity index (χ4n) is 3.15. The van der Waals surface area contributed by atoms with Gasteiger partial charge in [0.2, 0.25) is 0 Å². The summed E-state index contributed by atoms with van der Waals surface area (Å²) in [6.45, 7) is 0. The van der Waals surface area contributed by atoms with E-state index >= 15 is 0 Å². The Hall–Kier alpha value is -3.86. The van der Waals surface area contributed by atoms with Gasteiger partial charge in [-0.25, -0.2) is 4.98 Å². The lowest BCUT2D eigenvalue weighted by Gasteiger charge is -2.11. The van der Waals surface area contributed by atoms with E-state index in [0.717, 1.165) is 5.69 Å². The van der Waals surface area contributed by atoms with Gasteiger partial charge in [0.15, 0.2) is 11.5 Å². The van der Waals surface area contributed by atoms with Gasteiger partial charge < -0.3 is 9.84 Å².